The van der Waals surface area contributed by atoms with E-state index in [-0.39, 0.29) is 0 Å². The highest BCUT2D eigenvalue weighted by molar-refractivity contribution is 6.14. The van der Waals surface area contributed by atoms with Gasteiger partial charge in [0.2, 0.25) is 0 Å². The maximum absolute atomic E-state index is 2.34. The molecular formula is C13H27BN3+. The molecule has 0 atom stereocenters. The van der Waals surface area contributed by atoms with E-state index in [1.807, 2.05) is 0 Å². The van der Waals surface area contributed by atoms with Crippen molar-refractivity contribution in [3.63, 3.8) is 0 Å². The van der Waals surface area contributed by atoms with Gasteiger partial charge in [0, 0.05) is 20.1 Å². The first-order chi connectivity index (χ1) is 8.09. The zero-order valence-electron chi connectivity index (χ0n) is 11.9. The molecule has 0 unspecified atom stereocenters. The number of quaternary nitrogens is 1. The Morgan fingerprint density at radius 2 is 1.76 bits per heavy atom. The Balaban J connectivity index is 2.61. The smallest absolute Gasteiger partial charge is 0.282 e. The van der Waals surface area contributed by atoms with Crippen molar-refractivity contribution in [2.45, 2.75) is 39.5 Å². The largest absolute Gasteiger partial charge is 0.521 e. The SMILES string of the molecule is CCCC[N+](C)([B-][n+]1ccn(C)c1)CCCC. The first-order valence-electron chi connectivity index (χ1n) is 6.82. The third kappa shape index (κ3) is 4.94. The van der Waals surface area contributed by atoms with Gasteiger partial charge in [-0.2, -0.15) is 0 Å². The van der Waals surface area contributed by atoms with Crippen molar-refractivity contribution in [2.75, 3.05) is 20.1 Å². The second-order valence-corrected chi connectivity index (χ2v) is 5.28. The second-order valence-electron chi connectivity index (χ2n) is 5.28. The predicted octanol–water partition coefficient (Wildman–Crippen LogP) is 1.74. The standard InChI is InChI=1S/C13H27BN3/c1-5-7-11-17(4,12-8-6-2)14-16-10-9-15(3)13-16/h9-10,13H,5-8,11-12H2,1-4H3/q+1. The average molecular weight is 236 g/mol. The minimum Gasteiger partial charge on any atom is -0.521 e. The predicted molar refractivity (Wildman–Crippen MR) is 72.5 cm³/mol. The Morgan fingerprint density at radius 1 is 1.18 bits per heavy atom. The molecule has 0 aliphatic carbocycles. The molecule has 1 rings (SSSR count). The number of hydrogen-bond donors (Lipinski definition) is 0. The van der Waals surface area contributed by atoms with Gasteiger partial charge in [0.15, 0.2) is 6.33 Å². The highest BCUT2D eigenvalue weighted by atomic mass is 15.3. The lowest BCUT2D eigenvalue weighted by Gasteiger charge is -2.44. The van der Waals surface area contributed by atoms with E-state index in [9.17, 15) is 0 Å². The molecule has 2 radical (unpaired) electrons. The van der Waals surface area contributed by atoms with Gasteiger partial charge in [-0.3, -0.25) is 0 Å². The molecule has 1 aromatic heterocycles. The van der Waals surface area contributed by atoms with E-state index in [1.54, 1.807) is 0 Å². The van der Waals surface area contributed by atoms with Crippen LogP contribution >= 0.6 is 0 Å². The van der Waals surface area contributed by atoms with Gasteiger partial charge in [0.1, 0.15) is 6.20 Å². The lowest BCUT2D eigenvalue weighted by molar-refractivity contribution is -0.844. The molecule has 0 aromatic carbocycles. The molecule has 0 bridgehead atoms. The topological polar surface area (TPSA) is 8.81 Å². The van der Waals surface area contributed by atoms with Gasteiger partial charge in [-0.05, 0) is 12.8 Å². The van der Waals surface area contributed by atoms with Crippen molar-refractivity contribution < 1.29 is 8.87 Å². The Hall–Kier alpha value is -0.765. The van der Waals surface area contributed by atoms with Crippen molar-refractivity contribution in [1.29, 1.82) is 0 Å². The fourth-order valence-corrected chi connectivity index (χ4v) is 2.13. The first kappa shape index (κ1) is 14.3. The van der Waals surface area contributed by atoms with E-state index < -0.39 is 0 Å². The van der Waals surface area contributed by atoms with Gasteiger partial charge in [0.25, 0.3) is 7.55 Å². The van der Waals surface area contributed by atoms with Crippen LogP contribution in [0.3, 0.4) is 0 Å². The summed E-state index contributed by atoms with van der Waals surface area (Å²) in [6, 6.07) is 0. The van der Waals surface area contributed by atoms with E-state index in [0.717, 1.165) is 4.39 Å². The third-order valence-corrected chi connectivity index (χ3v) is 3.25. The molecule has 1 aromatic rings. The Kier molecular flexibility index (Phi) is 5.76. The van der Waals surface area contributed by atoms with Crippen LogP contribution in [0.5, 0.6) is 0 Å². The van der Waals surface area contributed by atoms with E-state index >= 15 is 0 Å². The Labute approximate surface area is 107 Å². The molecule has 0 aliphatic heterocycles. The molecule has 0 N–H and O–H groups in total. The summed E-state index contributed by atoms with van der Waals surface area (Å²) < 4.78 is 5.31. The lowest BCUT2D eigenvalue weighted by Crippen LogP contribution is -2.61. The molecule has 0 spiro atoms. The van der Waals surface area contributed by atoms with Crippen molar-refractivity contribution in [1.82, 2.24) is 4.57 Å². The molecular weight excluding hydrogens is 209 g/mol. The van der Waals surface area contributed by atoms with Crippen molar-refractivity contribution in [2.24, 2.45) is 7.05 Å². The molecule has 0 amide bonds. The van der Waals surface area contributed by atoms with Gasteiger partial charge in [-0.1, -0.05) is 26.7 Å². The molecule has 1 heterocycles. The summed E-state index contributed by atoms with van der Waals surface area (Å²) in [4.78, 5) is 0. The van der Waals surface area contributed by atoms with Crippen LogP contribution in [0.25, 0.3) is 0 Å². The number of aryl methyl sites for hydroxylation is 1. The molecule has 0 aliphatic rings. The summed E-state index contributed by atoms with van der Waals surface area (Å²) >= 11 is 0. The molecule has 0 fully saturated rings. The lowest BCUT2D eigenvalue weighted by atomic mass is 10.00. The zero-order valence-corrected chi connectivity index (χ0v) is 11.9. The fourth-order valence-electron chi connectivity index (χ4n) is 2.13. The Morgan fingerprint density at radius 3 is 2.18 bits per heavy atom. The number of hydrogen-bond acceptors (Lipinski definition) is 0. The molecule has 4 heteroatoms. The summed E-state index contributed by atoms with van der Waals surface area (Å²) in [5.74, 6) is 0. The summed E-state index contributed by atoms with van der Waals surface area (Å²) in [5.41, 5.74) is 0. The molecule has 17 heavy (non-hydrogen) atoms. The van der Waals surface area contributed by atoms with Gasteiger partial charge in [-0.25, -0.2) is 4.57 Å². The molecule has 96 valence electrons. The van der Waals surface area contributed by atoms with E-state index in [1.165, 1.54) is 38.8 Å². The molecule has 0 saturated heterocycles. The summed E-state index contributed by atoms with van der Waals surface area (Å²) in [6.45, 7) is 7.00. The van der Waals surface area contributed by atoms with Crippen LogP contribution in [-0.2, 0) is 7.05 Å². The zero-order chi connectivity index (χ0) is 12.7. The third-order valence-electron chi connectivity index (χ3n) is 3.25. The van der Waals surface area contributed by atoms with Crippen LogP contribution in [0.1, 0.15) is 39.5 Å². The quantitative estimate of drug-likeness (QED) is 0.608. The number of nitrogens with zero attached hydrogens (tertiary/aromatic N) is 3. The Bertz CT molecular complexity index is 314. The van der Waals surface area contributed by atoms with Crippen LogP contribution in [0.2, 0.25) is 0 Å². The monoisotopic (exact) mass is 236 g/mol. The summed E-state index contributed by atoms with van der Waals surface area (Å²) in [7, 11) is 6.74. The highest BCUT2D eigenvalue weighted by Gasteiger charge is 2.14. The van der Waals surface area contributed by atoms with Gasteiger partial charge in [0.05, 0.1) is 13.2 Å². The van der Waals surface area contributed by atoms with Crippen LogP contribution in [0.4, 0.5) is 0 Å². The maximum atomic E-state index is 2.34. The van der Waals surface area contributed by atoms with Crippen molar-refractivity contribution in [3.05, 3.63) is 18.7 Å². The van der Waals surface area contributed by atoms with Crippen LogP contribution in [-0.4, -0.2) is 36.6 Å². The minimum absolute atomic E-state index is 1.04. The first-order valence-corrected chi connectivity index (χ1v) is 6.82. The average Bonchev–Trinajstić information content (AvgIpc) is 2.69. The van der Waals surface area contributed by atoms with E-state index in [4.69, 9.17) is 0 Å². The fraction of sp³-hybridized carbons (Fsp3) is 0.769. The second kappa shape index (κ2) is 6.85. The van der Waals surface area contributed by atoms with Crippen molar-refractivity contribution in [3.8, 4) is 0 Å². The molecule has 0 saturated carbocycles. The van der Waals surface area contributed by atoms with Crippen LogP contribution in [0, 0.1) is 0 Å². The maximum Gasteiger partial charge on any atom is 0.282 e. The summed E-state index contributed by atoms with van der Waals surface area (Å²) in [5, 5.41) is 0. The van der Waals surface area contributed by atoms with Gasteiger partial charge >= 0.3 is 0 Å². The number of aromatic nitrogens is 2. The highest BCUT2D eigenvalue weighted by Crippen LogP contribution is 2.06. The number of unbranched alkanes of at least 4 members (excludes halogenated alkanes) is 2. The number of imidazole rings is 1. The van der Waals surface area contributed by atoms with Gasteiger partial charge in [-0.15, -0.1) is 0 Å². The summed E-state index contributed by atoms with van der Waals surface area (Å²) in [6.07, 6.45) is 11.5. The normalized spacial score (nSPS) is 12.0. The molecule has 3 nitrogen and oxygen atoms in total. The van der Waals surface area contributed by atoms with Crippen LogP contribution < -0.4 is 4.48 Å². The van der Waals surface area contributed by atoms with E-state index in [0.29, 0.717) is 0 Å². The minimum atomic E-state index is 1.04. The van der Waals surface area contributed by atoms with Crippen molar-refractivity contribution >= 4 is 7.55 Å². The van der Waals surface area contributed by atoms with E-state index in [2.05, 4.69) is 63.3 Å². The van der Waals surface area contributed by atoms with Gasteiger partial charge < -0.3 is 8.87 Å². The number of rotatable bonds is 8. The van der Waals surface area contributed by atoms with Crippen LogP contribution in [0.15, 0.2) is 18.7 Å².